The molecule has 0 aromatic heterocycles. The summed E-state index contributed by atoms with van der Waals surface area (Å²) in [5, 5.41) is 8.73. The van der Waals surface area contributed by atoms with E-state index in [9.17, 15) is 18.0 Å². The molecular weight excluding hydrogens is 319 g/mol. The number of carbonyl (C=O) groups is 1. The lowest BCUT2D eigenvalue weighted by Crippen LogP contribution is -2.19. The smallest absolute Gasteiger partial charge is 0.465 e. The third-order valence-corrected chi connectivity index (χ3v) is 2.66. The van der Waals surface area contributed by atoms with Crippen LogP contribution >= 0.6 is 15.9 Å². The number of benzene rings is 1. The van der Waals surface area contributed by atoms with Gasteiger partial charge in [0.2, 0.25) is 0 Å². The number of hydrogen-bond donors (Lipinski definition) is 0. The maximum absolute atomic E-state index is 12.1. The molecule has 18 heavy (non-hydrogen) atoms. The van der Waals surface area contributed by atoms with Crippen LogP contribution in [0.3, 0.4) is 0 Å². The summed E-state index contributed by atoms with van der Waals surface area (Å²) < 4.78 is 44.4. The molecule has 0 spiro atoms. The summed E-state index contributed by atoms with van der Waals surface area (Å²) in [6.07, 6.45) is -4.95. The van der Waals surface area contributed by atoms with Gasteiger partial charge in [-0.2, -0.15) is 5.26 Å². The zero-order valence-electron chi connectivity index (χ0n) is 8.84. The second-order valence-electron chi connectivity index (χ2n) is 2.95. The lowest BCUT2D eigenvalue weighted by molar-refractivity contribution is -0.274. The van der Waals surface area contributed by atoms with Crippen LogP contribution < -0.4 is 4.74 Å². The fraction of sp³-hybridized carbons (Fsp3) is 0.200. The third kappa shape index (κ3) is 3.13. The van der Waals surface area contributed by atoms with Crippen molar-refractivity contribution in [3.05, 3.63) is 27.7 Å². The van der Waals surface area contributed by atoms with Crippen molar-refractivity contribution < 1.29 is 27.4 Å². The van der Waals surface area contributed by atoms with E-state index in [4.69, 9.17) is 5.26 Å². The van der Waals surface area contributed by atoms with E-state index in [-0.39, 0.29) is 10.0 Å². The van der Waals surface area contributed by atoms with Gasteiger partial charge in [0, 0.05) is 0 Å². The van der Waals surface area contributed by atoms with Gasteiger partial charge in [0.15, 0.2) is 0 Å². The number of rotatable bonds is 2. The first kappa shape index (κ1) is 14.3. The molecule has 0 saturated heterocycles. The van der Waals surface area contributed by atoms with Gasteiger partial charge in [-0.3, -0.25) is 0 Å². The van der Waals surface area contributed by atoms with Crippen LogP contribution in [0.2, 0.25) is 0 Å². The first-order valence-corrected chi connectivity index (χ1v) is 5.16. The van der Waals surface area contributed by atoms with Crippen LogP contribution in [0.5, 0.6) is 5.75 Å². The Hall–Kier alpha value is -1.75. The third-order valence-electron chi connectivity index (χ3n) is 1.84. The van der Waals surface area contributed by atoms with Gasteiger partial charge >= 0.3 is 12.3 Å². The summed E-state index contributed by atoms with van der Waals surface area (Å²) in [6.45, 7) is 0. The van der Waals surface area contributed by atoms with Crippen molar-refractivity contribution in [2.75, 3.05) is 7.11 Å². The second-order valence-corrected chi connectivity index (χ2v) is 3.74. The monoisotopic (exact) mass is 323 g/mol. The molecular formula is C10H5BrF3NO3. The molecule has 0 heterocycles. The fourth-order valence-corrected chi connectivity index (χ4v) is 1.72. The zero-order chi connectivity index (χ0) is 13.9. The molecule has 0 aliphatic heterocycles. The quantitative estimate of drug-likeness (QED) is 0.785. The number of alkyl halides is 3. The number of methoxy groups -OCH3 is 1. The van der Waals surface area contributed by atoms with Gasteiger partial charge < -0.3 is 9.47 Å². The van der Waals surface area contributed by atoms with Crippen LogP contribution in [0, 0.1) is 11.3 Å². The molecule has 0 saturated carbocycles. The van der Waals surface area contributed by atoms with Crippen LogP contribution in [-0.2, 0) is 4.74 Å². The van der Waals surface area contributed by atoms with E-state index in [1.807, 2.05) is 0 Å². The van der Waals surface area contributed by atoms with Crippen LogP contribution in [0.4, 0.5) is 13.2 Å². The molecule has 0 amide bonds. The van der Waals surface area contributed by atoms with Crippen molar-refractivity contribution in [3.8, 4) is 11.8 Å². The Kier molecular flexibility index (Phi) is 4.19. The Morgan fingerprint density at radius 3 is 2.50 bits per heavy atom. The van der Waals surface area contributed by atoms with Gasteiger partial charge in [-0.05, 0) is 28.1 Å². The molecule has 1 aromatic carbocycles. The Bertz CT molecular complexity index is 522. The van der Waals surface area contributed by atoms with Gasteiger partial charge in [0.1, 0.15) is 17.4 Å². The van der Waals surface area contributed by atoms with Crippen LogP contribution in [0.15, 0.2) is 16.6 Å². The number of carbonyl (C=O) groups excluding carboxylic acids is 1. The average Bonchev–Trinajstić information content (AvgIpc) is 2.26. The number of nitrogens with zero attached hydrogens (tertiary/aromatic N) is 1. The summed E-state index contributed by atoms with van der Waals surface area (Å²) in [6, 6.07) is 3.69. The Labute approximate surface area is 108 Å². The summed E-state index contributed by atoms with van der Waals surface area (Å²) in [5.74, 6) is -1.78. The normalized spacial score (nSPS) is 10.7. The van der Waals surface area contributed by atoms with Crippen molar-refractivity contribution in [2.24, 2.45) is 0 Å². The first-order valence-electron chi connectivity index (χ1n) is 4.36. The summed E-state index contributed by atoms with van der Waals surface area (Å²) >= 11 is 2.87. The number of hydrogen-bond acceptors (Lipinski definition) is 4. The van der Waals surface area contributed by atoms with Crippen molar-refractivity contribution in [1.82, 2.24) is 0 Å². The summed E-state index contributed by atoms with van der Waals surface area (Å²) in [5.41, 5.74) is -0.501. The van der Waals surface area contributed by atoms with Crippen LogP contribution in [-0.4, -0.2) is 19.4 Å². The van der Waals surface area contributed by atoms with Crippen molar-refractivity contribution >= 4 is 21.9 Å². The van der Waals surface area contributed by atoms with Gasteiger partial charge in [-0.25, -0.2) is 4.79 Å². The number of esters is 1. The van der Waals surface area contributed by atoms with Crippen molar-refractivity contribution in [2.45, 2.75) is 6.36 Å². The molecule has 0 unspecified atom stereocenters. The molecule has 1 rings (SSSR count). The highest BCUT2D eigenvalue weighted by Crippen LogP contribution is 2.33. The van der Waals surface area contributed by atoms with Gasteiger partial charge in [-0.1, -0.05) is 0 Å². The van der Waals surface area contributed by atoms with E-state index in [0.717, 1.165) is 19.2 Å². The largest absolute Gasteiger partial charge is 0.573 e. The first-order chi connectivity index (χ1) is 8.30. The Morgan fingerprint density at radius 1 is 1.44 bits per heavy atom. The molecule has 0 fully saturated rings. The highest BCUT2D eigenvalue weighted by atomic mass is 79.9. The zero-order valence-corrected chi connectivity index (χ0v) is 10.4. The fourth-order valence-electron chi connectivity index (χ4n) is 1.15. The molecule has 1 aromatic rings. The standard InChI is InChI=1S/C10H5BrF3NO3/c1-17-9(16)7-6(18-10(12,13)14)3-2-5(4-15)8(7)11/h2-3H,1H3. The lowest BCUT2D eigenvalue weighted by Gasteiger charge is -2.13. The number of ether oxygens (including phenoxy) is 2. The van der Waals surface area contributed by atoms with Gasteiger partial charge in [0.25, 0.3) is 0 Å². The van der Waals surface area contributed by atoms with E-state index >= 15 is 0 Å². The van der Waals surface area contributed by atoms with E-state index < -0.39 is 23.6 Å². The molecule has 0 N–H and O–H groups in total. The van der Waals surface area contributed by atoms with E-state index in [1.54, 1.807) is 6.07 Å². The lowest BCUT2D eigenvalue weighted by atomic mass is 10.1. The molecule has 4 nitrogen and oxygen atoms in total. The average molecular weight is 324 g/mol. The Balaban J connectivity index is 3.40. The van der Waals surface area contributed by atoms with Gasteiger partial charge in [-0.15, -0.1) is 13.2 Å². The highest BCUT2D eigenvalue weighted by molar-refractivity contribution is 9.10. The number of halogens is 4. The van der Waals surface area contributed by atoms with Crippen molar-refractivity contribution in [1.29, 1.82) is 5.26 Å². The molecule has 8 heteroatoms. The van der Waals surface area contributed by atoms with Crippen LogP contribution in [0.1, 0.15) is 15.9 Å². The molecule has 0 bridgehead atoms. The Morgan fingerprint density at radius 2 is 2.06 bits per heavy atom. The van der Waals surface area contributed by atoms with Crippen LogP contribution in [0.25, 0.3) is 0 Å². The highest BCUT2D eigenvalue weighted by Gasteiger charge is 2.34. The predicted molar refractivity (Wildman–Crippen MR) is 56.9 cm³/mol. The molecule has 96 valence electrons. The SMILES string of the molecule is COC(=O)c1c(OC(F)(F)F)ccc(C#N)c1Br. The molecule has 0 radical (unpaired) electrons. The molecule has 0 aliphatic rings. The number of nitriles is 1. The topological polar surface area (TPSA) is 59.3 Å². The minimum Gasteiger partial charge on any atom is -0.465 e. The maximum Gasteiger partial charge on any atom is 0.573 e. The summed E-state index contributed by atoms with van der Waals surface area (Å²) in [7, 11) is 1.01. The summed E-state index contributed by atoms with van der Waals surface area (Å²) in [4.78, 5) is 11.4. The van der Waals surface area contributed by atoms with E-state index in [0.29, 0.717) is 0 Å². The second kappa shape index (κ2) is 5.27. The van der Waals surface area contributed by atoms with Gasteiger partial charge in [0.05, 0.1) is 17.1 Å². The van der Waals surface area contributed by atoms with E-state index in [1.165, 1.54) is 0 Å². The molecule has 0 aliphatic carbocycles. The minimum atomic E-state index is -4.95. The maximum atomic E-state index is 12.1. The molecule has 0 atom stereocenters. The minimum absolute atomic E-state index is 0.00933. The predicted octanol–water partition coefficient (Wildman–Crippen LogP) is 3.01. The van der Waals surface area contributed by atoms with Crippen molar-refractivity contribution in [3.63, 3.8) is 0 Å². The van der Waals surface area contributed by atoms with E-state index in [2.05, 4.69) is 25.4 Å².